The molecule has 0 spiro atoms. The Bertz CT molecular complexity index is 691. The number of halogens is 4. The van der Waals surface area contributed by atoms with Crippen LogP contribution in [0.1, 0.15) is 5.56 Å². The van der Waals surface area contributed by atoms with Gasteiger partial charge in [-0.25, -0.2) is 0 Å². The summed E-state index contributed by atoms with van der Waals surface area (Å²) in [5.74, 6) is 0.0103. The van der Waals surface area contributed by atoms with E-state index < -0.39 is 0 Å². The number of carbonyl (C=O) groups is 1. The number of carbonyl (C=O) groups excluding carboxylic acids is 1. The Balaban J connectivity index is 1.87. The van der Waals surface area contributed by atoms with Gasteiger partial charge in [-0.3, -0.25) is 4.79 Å². The third kappa shape index (κ3) is 4.96. The summed E-state index contributed by atoms with van der Waals surface area (Å²) in [7, 11) is 0. The maximum absolute atomic E-state index is 11.8. The highest BCUT2D eigenvalue weighted by Gasteiger charge is 2.09. The maximum Gasteiger partial charge on any atom is 0.258 e. The lowest BCUT2D eigenvalue weighted by Gasteiger charge is -2.10. The van der Waals surface area contributed by atoms with E-state index in [2.05, 4.69) is 5.32 Å². The summed E-state index contributed by atoms with van der Waals surface area (Å²) < 4.78 is 5.33. The molecule has 2 aromatic carbocycles. The molecule has 2 rings (SSSR count). The lowest BCUT2D eigenvalue weighted by atomic mass is 10.2. The third-order valence-corrected chi connectivity index (χ3v) is 3.96. The number of benzene rings is 2. The van der Waals surface area contributed by atoms with Crippen LogP contribution < -0.4 is 10.1 Å². The van der Waals surface area contributed by atoms with E-state index in [1.165, 1.54) is 12.1 Å². The number of hydrogen-bond acceptors (Lipinski definition) is 2. The summed E-state index contributed by atoms with van der Waals surface area (Å²) in [6.45, 7) is 0.177. The van der Waals surface area contributed by atoms with Gasteiger partial charge >= 0.3 is 0 Å². The van der Waals surface area contributed by atoms with E-state index in [-0.39, 0.29) is 17.5 Å². The first-order chi connectivity index (χ1) is 10.5. The quantitative estimate of drug-likeness (QED) is 0.743. The van der Waals surface area contributed by atoms with Crippen molar-refractivity contribution in [2.75, 3.05) is 6.61 Å². The molecule has 0 aromatic heterocycles. The topological polar surface area (TPSA) is 38.3 Å². The zero-order valence-corrected chi connectivity index (χ0v) is 14.2. The van der Waals surface area contributed by atoms with Crippen molar-refractivity contribution in [1.29, 1.82) is 0 Å². The summed E-state index contributed by atoms with van der Waals surface area (Å²) in [6.07, 6.45) is 0. The molecule has 0 aliphatic heterocycles. The largest absolute Gasteiger partial charge is 0.482 e. The molecule has 1 amide bonds. The van der Waals surface area contributed by atoms with Crippen molar-refractivity contribution in [2.24, 2.45) is 0 Å². The number of rotatable bonds is 5. The molecule has 0 radical (unpaired) electrons. The zero-order chi connectivity index (χ0) is 16.1. The van der Waals surface area contributed by atoms with Gasteiger partial charge in [0.15, 0.2) is 6.61 Å². The average molecular weight is 379 g/mol. The first kappa shape index (κ1) is 17.2. The molecule has 3 nitrogen and oxygen atoms in total. The molecule has 2 aromatic rings. The van der Waals surface area contributed by atoms with E-state index in [0.29, 0.717) is 27.4 Å². The fourth-order valence-corrected chi connectivity index (χ4v) is 2.46. The smallest absolute Gasteiger partial charge is 0.258 e. The Morgan fingerprint density at radius 1 is 1.00 bits per heavy atom. The Kier molecular flexibility index (Phi) is 6.21. The number of amides is 1. The normalized spacial score (nSPS) is 10.4. The minimum atomic E-state index is -0.290. The highest BCUT2D eigenvalue weighted by molar-refractivity contribution is 6.43. The highest BCUT2D eigenvalue weighted by Crippen LogP contribution is 2.33. The molecule has 0 aliphatic rings. The maximum atomic E-state index is 11.8. The Hall–Kier alpha value is -1.13. The molecule has 1 N–H and O–H groups in total. The highest BCUT2D eigenvalue weighted by atomic mass is 35.5. The van der Waals surface area contributed by atoms with Crippen molar-refractivity contribution >= 4 is 52.3 Å². The van der Waals surface area contributed by atoms with Crippen molar-refractivity contribution in [3.8, 4) is 5.75 Å². The van der Waals surface area contributed by atoms with Gasteiger partial charge in [0.25, 0.3) is 5.91 Å². The number of nitrogens with one attached hydrogen (secondary N) is 1. The van der Waals surface area contributed by atoms with Crippen molar-refractivity contribution in [3.05, 3.63) is 62.1 Å². The van der Waals surface area contributed by atoms with Crippen molar-refractivity contribution in [2.45, 2.75) is 6.54 Å². The Morgan fingerprint density at radius 3 is 2.45 bits per heavy atom. The van der Waals surface area contributed by atoms with Crippen LogP contribution in [0.5, 0.6) is 5.75 Å². The van der Waals surface area contributed by atoms with Gasteiger partial charge in [-0.15, -0.1) is 0 Å². The molecule has 116 valence electrons. The van der Waals surface area contributed by atoms with Crippen LogP contribution in [-0.4, -0.2) is 12.5 Å². The Morgan fingerprint density at radius 2 is 1.73 bits per heavy atom. The van der Waals surface area contributed by atoms with Gasteiger partial charge < -0.3 is 10.1 Å². The van der Waals surface area contributed by atoms with Gasteiger partial charge in [0.05, 0.1) is 15.1 Å². The molecular weight excluding hydrogens is 368 g/mol. The van der Waals surface area contributed by atoms with Crippen LogP contribution in [0.25, 0.3) is 0 Å². The minimum Gasteiger partial charge on any atom is -0.482 e. The van der Waals surface area contributed by atoms with E-state index >= 15 is 0 Å². The molecule has 0 unspecified atom stereocenters. The second-order valence-electron chi connectivity index (χ2n) is 4.39. The van der Waals surface area contributed by atoms with Gasteiger partial charge in [-0.05, 0) is 23.8 Å². The molecule has 22 heavy (non-hydrogen) atoms. The van der Waals surface area contributed by atoms with E-state index in [1.54, 1.807) is 12.1 Å². The monoisotopic (exact) mass is 377 g/mol. The van der Waals surface area contributed by atoms with Crippen LogP contribution >= 0.6 is 46.4 Å². The molecule has 0 heterocycles. The van der Waals surface area contributed by atoms with E-state index in [4.69, 9.17) is 51.1 Å². The van der Waals surface area contributed by atoms with Crippen LogP contribution in [0.3, 0.4) is 0 Å². The van der Waals surface area contributed by atoms with E-state index in [1.807, 2.05) is 12.1 Å². The van der Waals surface area contributed by atoms with E-state index in [0.717, 1.165) is 5.56 Å². The second-order valence-corrected chi connectivity index (χ2v) is 6.05. The minimum absolute atomic E-state index is 0.182. The summed E-state index contributed by atoms with van der Waals surface area (Å²) in [5, 5.41) is 4.25. The fraction of sp³-hybridized carbons (Fsp3) is 0.133. The first-order valence-corrected chi connectivity index (χ1v) is 7.75. The lowest BCUT2D eigenvalue weighted by Crippen LogP contribution is -2.28. The molecule has 0 saturated heterocycles. The van der Waals surface area contributed by atoms with Gasteiger partial charge in [0, 0.05) is 17.6 Å². The number of hydrogen-bond donors (Lipinski definition) is 1. The fourth-order valence-electron chi connectivity index (χ4n) is 1.66. The van der Waals surface area contributed by atoms with Gasteiger partial charge in [0.1, 0.15) is 5.75 Å². The lowest BCUT2D eigenvalue weighted by molar-refractivity contribution is -0.123. The molecule has 7 heteroatoms. The summed E-state index contributed by atoms with van der Waals surface area (Å²) in [5.41, 5.74) is 0.897. The first-order valence-electron chi connectivity index (χ1n) is 6.24. The third-order valence-electron chi connectivity index (χ3n) is 2.71. The van der Waals surface area contributed by atoms with Gasteiger partial charge in [-0.2, -0.15) is 0 Å². The van der Waals surface area contributed by atoms with Crippen molar-refractivity contribution < 1.29 is 9.53 Å². The van der Waals surface area contributed by atoms with Crippen LogP contribution in [0.4, 0.5) is 0 Å². The van der Waals surface area contributed by atoms with Crippen LogP contribution in [0.2, 0.25) is 20.1 Å². The number of ether oxygens (including phenoxy) is 1. The summed E-state index contributed by atoms with van der Waals surface area (Å²) in [4.78, 5) is 11.8. The van der Waals surface area contributed by atoms with Crippen LogP contribution in [0, 0.1) is 0 Å². The van der Waals surface area contributed by atoms with E-state index in [9.17, 15) is 4.79 Å². The molecule has 0 bridgehead atoms. The standard InChI is InChI=1S/C15H11Cl4NO2/c16-10-3-1-2-9(4-10)7-20-15(21)8-22-14-6-12(18)11(17)5-13(14)19/h1-6H,7-8H2,(H,20,21). The zero-order valence-electron chi connectivity index (χ0n) is 11.2. The molecule has 0 aliphatic carbocycles. The van der Waals surface area contributed by atoms with Crippen molar-refractivity contribution in [3.63, 3.8) is 0 Å². The van der Waals surface area contributed by atoms with Gasteiger partial charge in [-0.1, -0.05) is 58.5 Å². The molecule has 0 fully saturated rings. The summed E-state index contributed by atoms with van der Waals surface area (Å²) >= 11 is 23.5. The predicted molar refractivity (Wildman–Crippen MR) is 90.3 cm³/mol. The van der Waals surface area contributed by atoms with Crippen LogP contribution in [0.15, 0.2) is 36.4 Å². The molecule has 0 saturated carbocycles. The van der Waals surface area contributed by atoms with Crippen LogP contribution in [-0.2, 0) is 11.3 Å². The second kappa shape index (κ2) is 7.93. The van der Waals surface area contributed by atoms with Gasteiger partial charge in [0.2, 0.25) is 0 Å². The SMILES string of the molecule is O=C(COc1cc(Cl)c(Cl)cc1Cl)NCc1cccc(Cl)c1. The predicted octanol–water partition coefficient (Wildman–Crippen LogP) is 5.00. The molecular formula is C15H11Cl4NO2. The average Bonchev–Trinajstić information content (AvgIpc) is 2.47. The van der Waals surface area contributed by atoms with Crippen molar-refractivity contribution in [1.82, 2.24) is 5.32 Å². The molecule has 0 atom stereocenters. The summed E-state index contributed by atoms with van der Waals surface area (Å²) in [6, 6.07) is 10.2. The Labute approximate surface area is 148 Å².